The quantitative estimate of drug-likeness (QED) is 0.698. The van der Waals surface area contributed by atoms with E-state index < -0.39 is 27.9 Å². The molecule has 0 saturated heterocycles. The number of carbonyl (C=O) groups excluding carboxylic acids is 2. The van der Waals surface area contributed by atoms with E-state index in [1.165, 1.54) is 55.5 Å². The van der Waals surface area contributed by atoms with E-state index in [0.717, 1.165) is 7.11 Å². The van der Waals surface area contributed by atoms with Gasteiger partial charge in [-0.1, -0.05) is 12.1 Å². The SMILES string of the molecule is COC(=O)C(Cc1ccc(F)cc1)NS(=O)(=O)c1ccc(NC(C)=O)cc1. The van der Waals surface area contributed by atoms with Crippen LogP contribution in [0.2, 0.25) is 0 Å². The molecule has 0 bridgehead atoms. The molecule has 2 N–H and O–H groups in total. The molecular formula is C18H19FN2O5S. The number of nitrogens with one attached hydrogen (secondary N) is 2. The minimum absolute atomic E-state index is 0.00381. The van der Waals surface area contributed by atoms with Gasteiger partial charge in [-0.3, -0.25) is 9.59 Å². The highest BCUT2D eigenvalue weighted by Crippen LogP contribution is 2.16. The first kappa shape index (κ1) is 20.5. The van der Waals surface area contributed by atoms with E-state index in [1.807, 2.05) is 0 Å². The van der Waals surface area contributed by atoms with Crippen molar-refractivity contribution in [2.45, 2.75) is 24.3 Å². The first-order valence-corrected chi connectivity index (χ1v) is 9.42. The van der Waals surface area contributed by atoms with Crippen molar-refractivity contribution in [2.24, 2.45) is 0 Å². The maximum Gasteiger partial charge on any atom is 0.324 e. The average molecular weight is 394 g/mol. The number of halogens is 1. The lowest BCUT2D eigenvalue weighted by Crippen LogP contribution is -2.42. The molecule has 0 saturated carbocycles. The van der Waals surface area contributed by atoms with Crippen molar-refractivity contribution >= 4 is 27.6 Å². The Morgan fingerprint density at radius 2 is 1.67 bits per heavy atom. The van der Waals surface area contributed by atoms with Crippen molar-refractivity contribution in [1.29, 1.82) is 0 Å². The Morgan fingerprint density at radius 3 is 2.19 bits per heavy atom. The van der Waals surface area contributed by atoms with Crippen molar-refractivity contribution < 1.29 is 27.1 Å². The highest BCUT2D eigenvalue weighted by atomic mass is 32.2. The van der Waals surface area contributed by atoms with Crippen LogP contribution in [0, 0.1) is 5.82 Å². The van der Waals surface area contributed by atoms with Gasteiger partial charge in [-0.05, 0) is 48.4 Å². The Labute approximate surface area is 156 Å². The number of hydrogen-bond donors (Lipinski definition) is 2. The fraction of sp³-hybridized carbons (Fsp3) is 0.222. The smallest absolute Gasteiger partial charge is 0.324 e. The van der Waals surface area contributed by atoms with E-state index >= 15 is 0 Å². The molecule has 7 nitrogen and oxygen atoms in total. The lowest BCUT2D eigenvalue weighted by molar-refractivity contribution is -0.142. The lowest BCUT2D eigenvalue weighted by Gasteiger charge is -2.17. The predicted molar refractivity (Wildman–Crippen MR) is 97.0 cm³/mol. The molecule has 0 aliphatic heterocycles. The number of rotatable bonds is 7. The summed E-state index contributed by atoms with van der Waals surface area (Å²) in [6.07, 6.45) is -0.00381. The number of hydrogen-bond acceptors (Lipinski definition) is 5. The van der Waals surface area contributed by atoms with E-state index in [9.17, 15) is 22.4 Å². The van der Waals surface area contributed by atoms with Gasteiger partial charge in [0.05, 0.1) is 12.0 Å². The van der Waals surface area contributed by atoms with Crippen molar-refractivity contribution in [3.8, 4) is 0 Å². The van der Waals surface area contributed by atoms with Crippen LogP contribution in [-0.4, -0.2) is 33.4 Å². The summed E-state index contributed by atoms with van der Waals surface area (Å²) in [6.45, 7) is 1.34. The van der Waals surface area contributed by atoms with E-state index in [2.05, 4.69) is 14.8 Å². The molecule has 2 rings (SSSR count). The van der Waals surface area contributed by atoms with Gasteiger partial charge in [-0.25, -0.2) is 12.8 Å². The van der Waals surface area contributed by atoms with Crippen LogP contribution < -0.4 is 10.0 Å². The van der Waals surface area contributed by atoms with Crippen LogP contribution in [0.1, 0.15) is 12.5 Å². The van der Waals surface area contributed by atoms with Gasteiger partial charge >= 0.3 is 5.97 Å². The molecule has 1 atom stereocenters. The number of ether oxygens (including phenoxy) is 1. The van der Waals surface area contributed by atoms with Crippen molar-refractivity contribution in [3.63, 3.8) is 0 Å². The number of benzene rings is 2. The molecular weight excluding hydrogens is 375 g/mol. The third-order valence-corrected chi connectivity index (χ3v) is 5.11. The minimum atomic E-state index is -4.03. The van der Waals surface area contributed by atoms with E-state index in [-0.39, 0.29) is 17.2 Å². The van der Waals surface area contributed by atoms with E-state index in [0.29, 0.717) is 11.3 Å². The normalized spacial score (nSPS) is 12.3. The van der Waals surface area contributed by atoms with Gasteiger partial charge < -0.3 is 10.1 Å². The zero-order chi connectivity index (χ0) is 20.0. The van der Waals surface area contributed by atoms with Crippen LogP contribution >= 0.6 is 0 Å². The summed E-state index contributed by atoms with van der Waals surface area (Å²) in [4.78, 5) is 22.9. The van der Waals surface area contributed by atoms with Crippen molar-refractivity contribution in [3.05, 3.63) is 59.9 Å². The number of amides is 1. The molecule has 9 heteroatoms. The van der Waals surface area contributed by atoms with Gasteiger partial charge in [-0.15, -0.1) is 0 Å². The number of sulfonamides is 1. The van der Waals surface area contributed by atoms with E-state index in [1.54, 1.807) is 0 Å². The summed E-state index contributed by atoms with van der Waals surface area (Å²) in [7, 11) is -2.88. The molecule has 0 spiro atoms. The fourth-order valence-electron chi connectivity index (χ4n) is 2.35. The molecule has 0 fully saturated rings. The third kappa shape index (κ3) is 5.87. The summed E-state index contributed by atoms with van der Waals surface area (Å²) in [5.74, 6) is -1.49. The molecule has 0 aromatic heterocycles. The van der Waals surface area contributed by atoms with Crippen LogP contribution in [0.25, 0.3) is 0 Å². The average Bonchev–Trinajstić information content (AvgIpc) is 2.62. The molecule has 0 radical (unpaired) electrons. The Kier molecular flexibility index (Phi) is 6.65. The van der Waals surface area contributed by atoms with Crippen LogP contribution in [0.15, 0.2) is 53.4 Å². The Balaban J connectivity index is 2.20. The molecule has 1 unspecified atom stereocenters. The monoisotopic (exact) mass is 394 g/mol. The highest BCUT2D eigenvalue weighted by Gasteiger charge is 2.26. The Hall–Kier alpha value is -2.78. The standard InChI is InChI=1S/C18H19FN2O5S/c1-12(22)20-15-7-9-16(10-8-15)27(24,25)21-17(18(23)26-2)11-13-3-5-14(19)6-4-13/h3-10,17,21H,11H2,1-2H3,(H,20,22). The minimum Gasteiger partial charge on any atom is -0.468 e. The number of esters is 1. The van der Waals surface area contributed by atoms with Crippen LogP contribution in [0.4, 0.5) is 10.1 Å². The Morgan fingerprint density at radius 1 is 1.07 bits per heavy atom. The molecule has 2 aromatic rings. The molecule has 2 aromatic carbocycles. The van der Waals surface area contributed by atoms with Gasteiger partial charge in [0.2, 0.25) is 15.9 Å². The summed E-state index contributed by atoms with van der Waals surface area (Å²) in [5, 5.41) is 2.53. The molecule has 0 aliphatic carbocycles. The van der Waals surface area contributed by atoms with Gasteiger partial charge in [0.15, 0.2) is 0 Å². The number of methoxy groups -OCH3 is 1. The fourth-order valence-corrected chi connectivity index (χ4v) is 3.53. The topological polar surface area (TPSA) is 102 Å². The van der Waals surface area contributed by atoms with Gasteiger partial charge in [0, 0.05) is 12.6 Å². The predicted octanol–water partition coefficient (Wildman–Crippen LogP) is 1.85. The lowest BCUT2D eigenvalue weighted by atomic mass is 10.1. The second-order valence-electron chi connectivity index (χ2n) is 5.73. The first-order chi connectivity index (χ1) is 12.7. The maximum absolute atomic E-state index is 13.0. The van der Waals surface area contributed by atoms with Crippen molar-refractivity contribution in [2.75, 3.05) is 12.4 Å². The zero-order valence-electron chi connectivity index (χ0n) is 14.7. The second kappa shape index (κ2) is 8.74. The van der Waals surface area contributed by atoms with E-state index in [4.69, 9.17) is 0 Å². The molecule has 144 valence electrons. The van der Waals surface area contributed by atoms with Gasteiger partial charge in [0.25, 0.3) is 0 Å². The first-order valence-electron chi connectivity index (χ1n) is 7.93. The summed E-state index contributed by atoms with van der Waals surface area (Å²) in [5.41, 5.74) is 1.01. The summed E-state index contributed by atoms with van der Waals surface area (Å²) >= 11 is 0. The summed E-state index contributed by atoms with van der Waals surface area (Å²) in [6, 6.07) is 9.66. The molecule has 1 amide bonds. The van der Waals surface area contributed by atoms with Crippen LogP contribution in [0.3, 0.4) is 0 Å². The second-order valence-corrected chi connectivity index (χ2v) is 7.45. The summed E-state index contributed by atoms with van der Waals surface area (Å²) < 4.78 is 45.1. The molecule has 0 aliphatic rings. The van der Waals surface area contributed by atoms with Crippen LogP contribution in [-0.2, 0) is 30.8 Å². The van der Waals surface area contributed by atoms with Crippen molar-refractivity contribution in [1.82, 2.24) is 4.72 Å². The number of anilines is 1. The zero-order valence-corrected chi connectivity index (χ0v) is 15.5. The Bertz CT molecular complexity index is 912. The number of carbonyl (C=O) groups is 2. The third-order valence-electron chi connectivity index (χ3n) is 3.62. The van der Waals surface area contributed by atoms with Gasteiger partial charge in [-0.2, -0.15) is 4.72 Å². The van der Waals surface area contributed by atoms with Gasteiger partial charge in [0.1, 0.15) is 11.9 Å². The maximum atomic E-state index is 13.0. The molecule has 27 heavy (non-hydrogen) atoms. The highest BCUT2D eigenvalue weighted by molar-refractivity contribution is 7.89. The molecule has 0 heterocycles. The van der Waals surface area contributed by atoms with Crippen LogP contribution in [0.5, 0.6) is 0 Å². The largest absolute Gasteiger partial charge is 0.468 e.